The maximum Gasteiger partial charge on any atom is 0.270 e. The van der Waals surface area contributed by atoms with Crippen LogP contribution in [0.25, 0.3) is 0 Å². The Morgan fingerprint density at radius 3 is 2.35 bits per heavy atom. The van der Waals surface area contributed by atoms with E-state index in [0.29, 0.717) is 31.9 Å². The van der Waals surface area contributed by atoms with Crippen molar-refractivity contribution in [2.45, 2.75) is 51.6 Å². The second-order valence-corrected chi connectivity index (χ2v) is 7.22. The zero-order valence-corrected chi connectivity index (χ0v) is 15.4. The lowest BCUT2D eigenvalue weighted by atomic mass is 9.95. The van der Waals surface area contributed by atoms with Gasteiger partial charge in [-0.05, 0) is 25.0 Å². The number of carbonyl (C=O) groups is 3. The Kier molecular flexibility index (Phi) is 5.96. The van der Waals surface area contributed by atoms with Crippen molar-refractivity contribution in [3.63, 3.8) is 0 Å². The van der Waals surface area contributed by atoms with E-state index in [0.717, 1.165) is 12.8 Å². The van der Waals surface area contributed by atoms with Gasteiger partial charge in [0.05, 0.1) is 0 Å². The van der Waals surface area contributed by atoms with Crippen LogP contribution in [0.15, 0.2) is 18.3 Å². The number of hydrogen-bond acceptors (Lipinski definition) is 3. The lowest BCUT2D eigenvalue weighted by Crippen LogP contribution is -2.50. The predicted octanol–water partition coefficient (Wildman–Crippen LogP) is 1.24. The minimum absolute atomic E-state index is 0.0384. The van der Waals surface area contributed by atoms with Crippen LogP contribution in [0.3, 0.4) is 0 Å². The van der Waals surface area contributed by atoms with Gasteiger partial charge in [-0.25, -0.2) is 0 Å². The molecule has 1 aromatic heterocycles. The van der Waals surface area contributed by atoms with E-state index in [4.69, 9.17) is 0 Å². The average molecular weight is 360 g/mol. The minimum Gasteiger partial charge on any atom is -0.352 e. The molecule has 1 aliphatic heterocycles. The topological polar surface area (TPSA) is 74.7 Å². The number of aromatic nitrogens is 1. The summed E-state index contributed by atoms with van der Waals surface area (Å²) < 4.78 is 1.72. The number of rotatable bonds is 4. The molecule has 1 saturated heterocycles. The third kappa shape index (κ3) is 4.45. The highest BCUT2D eigenvalue weighted by molar-refractivity contribution is 5.93. The molecule has 1 saturated carbocycles. The van der Waals surface area contributed by atoms with E-state index in [1.54, 1.807) is 39.6 Å². The van der Waals surface area contributed by atoms with Crippen LogP contribution in [0.1, 0.15) is 49.5 Å². The van der Waals surface area contributed by atoms with Gasteiger partial charge < -0.3 is 19.7 Å². The Bertz CT molecular complexity index is 655. The summed E-state index contributed by atoms with van der Waals surface area (Å²) in [5.74, 6) is -0.0768. The molecule has 0 radical (unpaired) electrons. The van der Waals surface area contributed by atoms with Crippen molar-refractivity contribution in [3.05, 3.63) is 24.0 Å². The van der Waals surface area contributed by atoms with Gasteiger partial charge in [-0.2, -0.15) is 0 Å². The fourth-order valence-electron chi connectivity index (χ4n) is 3.81. The molecule has 1 aromatic rings. The van der Waals surface area contributed by atoms with Gasteiger partial charge in [0, 0.05) is 45.3 Å². The van der Waals surface area contributed by atoms with Crippen molar-refractivity contribution in [2.24, 2.45) is 0 Å². The van der Waals surface area contributed by atoms with Gasteiger partial charge in [0.2, 0.25) is 11.8 Å². The zero-order valence-electron chi connectivity index (χ0n) is 15.4. The number of carbonyl (C=O) groups excluding carboxylic acids is 3. The van der Waals surface area contributed by atoms with Crippen molar-refractivity contribution in [2.75, 3.05) is 26.2 Å². The minimum atomic E-state index is -0.0799. The van der Waals surface area contributed by atoms with Crippen molar-refractivity contribution in [1.29, 1.82) is 0 Å². The monoisotopic (exact) mass is 360 g/mol. The third-order valence-corrected chi connectivity index (χ3v) is 5.35. The molecular weight excluding hydrogens is 332 g/mol. The van der Waals surface area contributed by atoms with Crippen LogP contribution in [-0.4, -0.2) is 64.3 Å². The molecule has 2 fully saturated rings. The molecule has 2 aliphatic rings. The van der Waals surface area contributed by atoms with Gasteiger partial charge in [-0.15, -0.1) is 0 Å². The Balaban J connectivity index is 1.56. The van der Waals surface area contributed by atoms with E-state index < -0.39 is 0 Å². The molecule has 1 N–H and O–H groups in total. The molecule has 7 nitrogen and oxygen atoms in total. The summed E-state index contributed by atoms with van der Waals surface area (Å²) in [5.41, 5.74) is 0.528. The summed E-state index contributed by atoms with van der Waals surface area (Å²) in [7, 11) is 0. The molecule has 0 unspecified atom stereocenters. The van der Waals surface area contributed by atoms with E-state index >= 15 is 0 Å². The normalized spacial score (nSPS) is 18.7. The van der Waals surface area contributed by atoms with Crippen LogP contribution in [0.5, 0.6) is 0 Å². The first-order valence-corrected chi connectivity index (χ1v) is 9.54. The predicted molar refractivity (Wildman–Crippen MR) is 97.6 cm³/mol. The van der Waals surface area contributed by atoms with Crippen LogP contribution in [0.4, 0.5) is 0 Å². The highest BCUT2D eigenvalue weighted by Gasteiger charge is 2.25. The van der Waals surface area contributed by atoms with Crippen LogP contribution >= 0.6 is 0 Å². The van der Waals surface area contributed by atoms with Gasteiger partial charge in [0.25, 0.3) is 5.91 Å². The molecule has 1 aliphatic carbocycles. The van der Waals surface area contributed by atoms with Crippen LogP contribution in [-0.2, 0) is 16.1 Å². The van der Waals surface area contributed by atoms with Gasteiger partial charge in [0.15, 0.2) is 0 Å². The fourth-order valence-corrected chi connectivity index (χ4v) is 3.81. The molecule has 0 spiro atoms. The Labute approximate surface area is 154 Å². The van der Waals surface area contributed by atoms with E-state index in [-0.39, 0.29) is 30.3 Å². The molecule has 142 valence electrons. The molecule has 0 bridgehead atoms. The summed E-state index contributed by atoms with van der Waals surface area (Å²) in [6, 6.07) is 3.83. The lowest BCUT2D eigenvalue weighted by molar-refractivity contribution is -0.130. The van der Waals surface area contributed by atoms with Gasteiger partial charge in [0.1, 0.15) is 12.2 Å². The van der Waals surface area contributed by atoms with E-state index in [1.165, 1.54) is 19.3 Å². The summed E-state index contributed by atoms with van der Waals surface area (Å²) in [5, 5.41) is 3.09. The van der Waals surface area contributed by atoms with E-state index in [2.05, 4.69) is 5.32 Å². The summed E-state index contributed by atoms with van der Waals surface area (Å²) >= 11 is 0. The molecule has 0 aromatic carbocycles. The first kappa shape index (κ1) is 18.5. The third-order valence-electron chi connectivity index (χ3n) is 5.35. The van der Waals surface area contributed by atoms with E-state index in [9.17, 15) is 14.4 Å². The quantitative estimate of drug-likeness (QED) is 0.878. The SMILES string of the molecule is CC(=O)N1CCN(C(=O)c2cccn2CC(=O)NC2CCCCC2)CC1. The molecule has 3 rings (SSSR count). The van der Waals surface area contributed by atoms with Crippen LogP contribution in [0, 0.1) is 0 Å². The first-order chi connectivity index (χ1) is 12.5. The number of nitrogens with zero attached hydrogens (tertiary/aromatic N) is 3. The van der Waals surface area contributed by atoms with Crippen molar-refractivity contribution < 1.29 is 14.4 Å². The second-order valence-electron chi connectivity index (χ2n) is 7.22. The molecule has 0 atom stereocenters. The van der Waals surface area contributed by atoms with Crippen molar-refractivity contribution in [3.8, 4) is 0 Å². The molecule has 3 amide bonds. The zero-order chi connectivity index (χ0) is 18.5. The highest BCUT2D eigenvalue weighted by Crippen LogP contribution is 2.17. The number of nitrogens with one attached hydrogen (secondary N) is 1. The Morgan fingerprint density at radius 2 is 1.69 bits per heavy atom. The fraction of sp³-hybridized carbons (Fsp3) is 0.632. The lowest BCUT2D eigenvalue weighted by Gasteiger charge is -2.34. The van der Waals surface area contributed by atoms with Gasteiger partial charge >= 0.3 is 0 Å². The second kappa shape index (κ2) is 8.38. The summed E-state index contributed by atoms with van der Waals surface area (Å²) in [6.07, 6.45) is 7.46. The van der Waals surface area contributed by atoms with Crippen LogP contribution in [0.2, 0.25) is 0 Å². The van der Waals surface area contributed by atoms with Crippen molar-refractivity contribution >= 4 is 17.7 Å². The standard InChI is InChI=1S/C19H28N4O3/c1-15(24)21-10-12-22(13-11-21)19(26)17-8-5-9-23(17)14-18(25)20-16-6-3-2-4-7-16/h5,8-9,16H,2-4,6-7,10-14H2,1H3,(H,20,25). The first-order valence-electron chi connectivity index (χ1n) is 9.54. The van der Waals surface area contributed by atoms with E-state index in [1.807, 2.05) is 0 Å². The smallest absolute Gasteiger partial charge is 0.270 e. The largest absolute Gasteiger partial charge is 0.352 e. The number of amides is 3. The molecule has 2 heterocycles. The Morgan fingerprint density at radius 1 is 1.04 bits per heavy atom. The van der Waals surface area contributed by atoms with Crippen LogP contribution < -0.4 is 5.32 Å². The van der Waals surface area contributed by atoms with Gasteiger partial charge in [-0.1, -0.05) is 19.3 Å². The average Bonchev–Trinajstić information content (AvgIpc) is 3.10. The highest BCUT2D eigenvalue weighted by atomic mass is 16.2. The van der Waals surface area contributed by atoms with Crippen molar-refractivity contribution in [1.82, 2.24) is 19.7 Å². The summed E-state index contributed by atoms with van der Waals surface area (Å²) in [6.45, 7) is 3.88. The Hall–Kier alpha value is -2.31. The summed E-state index contributed by atoms with van der Waals surface area (Å²) in [4.78, 5) is 40.1. The molecule has 26 heavy (non-hydrogen) atoms. The molecule has 7 heteroatoms. The number of hydrogen-bond donors (Lipinski definition) is 1. The van der Waals surface area contributed by atoms with Gasteiger partial charge in [-0.3, -0.25) is 14.4 Å². The molecular formula is C19H28N4O3. The number of piperazine rings is 1. The maximum atomic E-state index is 12.8. The maximum absolute atomic E-state index is 12.8.